The summed E-state index contributed by atoms with van der Waals surface area (Å²) in [6, 6.07) is 9.90. The van der Waals surface area contributed by atoms with E-state index in [-0.39, 0.29) is 10.6 Å². The van der Waals surface area contributed by atoms with Crippen molar-refractivity contribution in [2.75, 3.05) is 17.9 Å². The van der Waals surface area contributed by atoms with E-state index in [4.69, 9.17) is 9.47 Å². The number of hydrogen-bond donors (Lipinski definition) is 1. The Kier molecular flexibility index (Phi) is 3.89. The number of hydrogen-bond acceptors (Lipinski definition) is 4. The zero-order valence-corrected chi connectivity index (χ0v) is 12.4. The molecule has 2 aromatic carbocycles. The number of ether oxygens (including phenoxy) is 2. The van der Waals surface area contributed by atoms with Gasteiger partial charge in [0.1, 0.15) is 5.82 Å². The highest BCUT2D eigenvalue weighted by atomic mass is 32.2. The van der Waals surface area contributed by atoms with Crippen LogP contribution < -0.4 is 14.2 Å². The van der Waals surface area contributed by atoms with Gasteiger partial charge in [0.2, 0.25) is 0 Å². The topological polar surface area (TPSA) is 64.6 Å². The van der Waals surface area contributed by atoms with Crippen LogP contribution >= 0.6 is 0 Å². The average molecular weight is 323 g/mol. The minimum atomic E-state index is -3.91. The lowest BCUT2D eigenvalue weighted by atomic mass is 10.3. The largest absolute Gasteiger partial charge is 0.490 e. The second-order valence-corrected chi connectivity index (χ2v) is 6.43. The molecule has 0 amide bonds. The van der Waals surface area contributed by atoms with Gasteiger partial charge in [-0.1, -0.05) is 12.1 Å². The second-order valence-electron chi connectivity index (χ2n) is 4.74. The molecule has 7 heteroatoms. The molecule has 0 unspecified atom stereocenters. The van der Waals surface area contributed by atoms with E-state index >= 15 is 0 Å². The molecule has 1 N–H and O–H groups in total. The number of halogens is 1. The predicted molar refractivity (Wildman–Crippen MR) is 79.3 cm³/mol. The van der Waals surface area contributed by atoms with Crippen LogP contribution in [0, 0.1) is 5.82 Å². The Hall–Kier alpha value is -2.28. The van der Waals surface area contributed by atoms with E-state index in [2.05, 4.69) is 4.72 Å². The molecule has 0 bridgehead atoms. The zero-order valence-electron chi connectivity index (χ0n) is 11.6. The minimum absolute atomic E-state index is 0.0139. The van der Waals surface area contributed by atoms with Crippen LogP contribution in [0.15, 0.2) is 47.4 Å². The number of fused-ring (bicyclic) bond motifs is 1. The Bertz CT molecular complexity index is 792. The van der Waals surface area contributed by atoms with Gasteiger partial charge in [0, 0.05) is 12.5 Å². The van der Waals surface area contributed by atoms with Gasteiger partial charge in [-0.05, 0) is 24.3 Å². The van der Waals surface area contributed by atoms with Crippen molar-refractivity contribution in [3.05, 3.63) is 48.3 Å². The van der Waals surface area contributed by atoms with E-state index in [1.807, 2.05) is 0 Å². The molecule has 0 atom stereocenters. The molecule has 0 saturated heterocycles. The van der Waals surface area contributed by atoms with Gasteiger partial charge in [-0.15, -0.1) is 0 Å². The number of nitrogens with one attached hydrogen (secondary N) is 1. The molecule has 0 aliphatic carbocycles. The van der Waals surface area contributed by atoms with Crippen LogP contribution in [-0.4, -0.2) is 21.6 Å². The van der Waals surface area contributed by atoms with Crippen molar-refractivity contribution >= 4 is 15.7 Å². The normalized spacial score (nSPS) is 14.2. The molecule has 2 aromatic rings. The van der Waals surface area contributed by atoms with Crippen molar-refractivity contribution in [1.82, 2.24) is 0 Å². The molecule has 5 nitrogen and oxygen atoms in total. The molecule has 1 aliphatic heterocycles. The lowest BCUT2D eigenvalue weighted by Crippen LogP contribution is -2.14. The van der Waals surface area contributed by atoms with Crippen LogP contribution in [0.3, 0.4) is 0 Å². The molecule has 3 rings (SSSR count). The van der Waals surface area contributed by atoms with Crippen LogP contribution in [0.2, 0.25) is 0 Å². The lowest BCUT2D eigenvalue weighted by molar-refractivity contribution is 0.297. The fraction of sp³-hybridized carbons (Fsp3) is 0.200. The van der Waals surface area contributed by atoms with Gasteiger partial charge >= 0.3 is 0 Å². The molecular formula is C15H14FNO4S. The Morgan fingerprint density at radius 3 is 2.50 bits per heavy atom. The SMILES string of the molecule is O=S(=O)(Nc1ccccc1F)c1ccc2c(c1)OCCCO2. The monoisotopic (exact) mass is 323 g/mol. The first-order valence-corrected chi connectivity index (χ1v) is 8.21. The number of rotatable bonds is 3. The molecule has 0 saturated carbocycles. The Labute approximate surface area is 127 Å². The minimum Gasteiger partial charge on any atom is -0.490 e. The molecule has 0 spiro atoms. The summed E-state index contributed by atoms with van der Waals surface area (Å²) in [5.74, 6) is 0.233. The summed E-state index contributed by atoms with van der Waals surface area (Å²) in [5.41, 5.74) is -0.102. The Morgan fingerprint density at radius 2 is 1.73 bits per heavy atom. The van der Waals surface area contributed by atoms with Crippen molar-refractivity contribution < 1.29 is 22.3 Å². The van der Waals surface area contributed by atoms with Gasteiger partial charge in [-0.25, -0.2) is 12.8 Å². The highest BCUT2D eigenvalue weighted by molar-refractivity contribution is 7.92. The number of anilines is 1. The first kappa shape index (κ1) is 14.6. The number of para-hydroxylation sites is 1. The van der Waals surface area contributed by atoms with Crippen molar-refractivity contribution in [3.63, 3.8) is 0 Å². The first-order chi connectivity index (χ1) is 10.6. The van der Waals surface area contributed by atoms with Gasteiger partial charge < -0.3 is 9.47 Å². The van der Waals surface area contributed by atoms with Crippen molar-refractivity contribution in [3.8, 4) is 11.5 Å². The summed E-state index contributed by atoms with van der Waals surface area (Å²) in [6.07, 6.45) is 0.726. The fourth-order valence-corrected chi connectivity index (χ4v) is 3.14. The summed E-state index contributed by atoms with van der Waals surface area (Å²) in [7, 11) is -3.91. The fourth-order valence-electron chi connectivity index (χ4n) is 2.06. The Morgan fingerprint density at radius 1 is 1.00 bits per heavy atom. The van der Waals surface area contributed by atoms with Crippen molar-refractivity contribution in [2.45, 2.75) is 11.3 Å². The standard InChI is InChI=1S/C15H14FNO4S/c16-12-4-1-2-5-13(12)17-22(18,19)11-6-7-14-15(10-11)21-9-3-8-20-14/h1-2,4-7,10,17H,3,8-9H2. The smallest absolute Gasteiger partial charge is 0.262 e. The van der Waals surface area contributed by atoms with Gasteiger partial charge in [0.05, 0.1) is 23.8 Å². The zero-order chi connectivity index (χ0) is 15.6. The third kappa shape index (κ3) is 2.99. The van der Waals surface area contributed by atoms with Gasteiger partial charge in [0.25, 0.3) is 10.0 Å². The lowest BCUT2D eigenvalue weighted by Gasteiger charge is -2.11. The first-order valence-electron chi connectivity index (χ1n) is 6.73. The molecule has 0 radical (unpaired) electrons. The van der Waals surface area contributed by atoms with E-state index in [0.29, 0.717) is 24.7 Å². The number of sulfonamides is 1. The van der Waals surface area contributed by atoms with Crippen LogP contribution in [0.5, 0.6) is 11.5 Å². The van der Waals surface area contributed by atoms with Crippen LogP contribution in [0.4, 0.5) is 10.1 Å². The average Bonchev–Trinajstić information content (AvgIpc) is 2.74. The van der Waals surface area contributed by atoms with Gasteiger partial charge in [-0.3, -0.25) is 4.72 Å². The maximum absolute atomic E-state index is 13.6. The van der Waals surface area contributed by atoms with E-state index in [1.54, 1.807) is 6.07 Å². The summed E-state index contributed by atoms with van der Waals surface area (Å²) in [4.78, 5) is -0.0139. The molecule has 116 valence electrons. The quantitative estimate of drug-likeness (QED) is 0.943. The van der Waals surface area contributed by atoms with Gasteiger partial charge in [0.15, 0.2) is 11.5 Å². The van der Waals surface area contributed by atoms with Crippen molar-refractivity contribution in [2.24, 2.45) is 0 Å². The van der Waals surface area contributed by atoms with E-state index in [9.17, 15) is 12.8 Å². The second kappa shape index (κ2) is 5.84. The molecule has 22 heavy (non-hydrogen) atoms. The third-order valence-corrected chi connectivity index (χ3v) is 4.51. The molecule has 0 fully saturated rings. The molecule has 1 heterocycles. The van der Waals surface area contributed by atoms with Crippen molar-refractivity contribution in [1.29, 1.82) is 0 Å². The summed E-state index contributed by atoms with van der Waals surface area (Å²) in [5, 5.41) is 0. The molecule has 0 aromatic heterocycles. The maximum Gasteiger partial charge on any atom is 0.262 e. The Balaban J connectivity index is 1.92. The van der Waals surface area contributed by atoms with Gasteiger partial charge in [-0.2, -0.15) is 0 Å². The molecule has 1 aliphatic rings. The van der Waals surface area contributed by atoms with E-state index in [0.717, 1.165) is 6.42 Å². The van der Waals surface area contributed by atoms with E-state index in [1.165, 1.54) is 36.4 Å². The molecular weight excluding hydrogens is 309 g/mol. The van der Waals surface area contributed by atoms with Crippen LogP contribution in [0.25, 0.3) is 0 Å². The van der Waals surface area contributed by atoms with E-state index < -0.39 is 15.8 Å². The number of benzene rings is 2. The summed E-state index contributed by atoms with van der Waals surface area (Å²) < 4.78 is 51.4. The summed E-state index contributed by atoms with van der Waals surface area (Å²) >= 11 is 0. The van der Waals surface area contributed by atoms with Crippen LogP contribution in [0.1, 0.15) is 6.42 Å². The van der Waals surface area contributed by atoms with Crippen LogP contribution in [-0.2, 0) is 10.0 Å². The maximum atomic E-state index is 13.6. The highest BCUT2D eigenvalue weighted by Crippen LogP contribution is 2.32. The third-order valence-electron chi connectivity index (χ3n) is 3.15. The predicted octanol–water partition coefficient (Wildman–Crippen LogP) is 2.79. The highest BCUT2D eigenvalue weighted by Gasteiger charge is 2.20. The summed E-state index contributed by atoms with van der Waals surface area (Å²) in [6.45, 7) is 0.976.